The monoisotopic (exact) mass is 218 g/mol. The Morgan fingerprint density at radius 2 is 2.38 bits per heavy atom. The van der Waals surface area contributed by atoms with Crippen LogP contribution < -0.4 is 11.1 Å². The highest BCUT2D eigenvalue weighted by Gasteiger charge is 1.99. The van der Waals surface area contributed by atoms with E-state index in [0.29, 0.717) is 0 Å². The van der Waals surface area contributed by atoms with E-state index < -0.39 is 0 Å². The normalized spacial score (nSPS) is 12.9. The van der Waals surface area contributed by atoms with E-state index >= 15 is 0 Å². The van der Waals surface area contributed by atoms with Crippen LogP contribution in [0.15, 0.2) is 30.6 Å². The van der Waals surface area contributed by atoms with Gasteiger partial charge in [0.2, 0.25) is 0 Å². The molecule has 2 heterocycles. The fourth-order valence-electron chi connectivity index (χ4n) is 1.73. The van der Waals surface area contributed by atoms with Crippen LogP contribution in [-0.2, 0) is 0 Å². The molecule has 2 aromatic heterocycles. The Bertz CT molecular complexity index is 447. The first-order valence-corrected chi connectivity index (χ1v) is 5.69. The molecule has 16 heavy (non-hydrogen) atoms. The molecule has 3 N–H and O–H groups in total. The van der Waals surface area contributed by atoms with Gasteiger partial charge < -0.3 is 11.1 Å². The first-order valence-electron chi connectivity index (χ1n) is 5.69. The van der Waals surface area contributed by atoms with Crippen LogP contribution in [0.2, 0.25) is 0 Å². The fraction of sp³-hybridized carbons (Fsp3) is 0.417. The van der Waals surface area contributed by atoms with E-state index in [1.165, 1.54) is 0 Å². The number of rotatable bonds is 5. The summed E-state index contributed by atoms with van der Waals surface area (Å²) < 4.78 is 2.05. The van der Waals surface area contributed by atoms with Crippen molar-refractivity contribution in [3.8, 4) is 0 Å². The molecule has 0 spiro atoms. The number of nitrogens with one attached hydrogen (secondary N) is 1. The first kappa shape index (κ1) is 11.0. The minimum Gasteiger partial charge on any atom is -0.371 e. The van der Waals surface area contributed by atoms with Gasteiger partial charge in [0.1, 0.15) is 11.5 Å². The molecule has 0 aliphatic rings. The van der Waals surface area contributed by atoms with Crippen molar-refractivity contribution in [3.05, 3.63) is 30.6 Å². The van der Waals surface area contributed by atoms with Crippen molar-refractivity contribution in [1.29, 1.82) is 0 Å². The molecule has 0 bridgehead atoms. The second-order valence-electron chi connectivity index (χ2n) is 4.11. The van der Waals surface area contributed by atoms with Crippen molar-refractivity contribution in [3.63, 3.8) is 0 Å². The minimum absolute atomic E-state index is 0.283. The van der Waals surface area contributed by atoms with Gasteiger partial charge in [-0.05, 0) is 31.9 Å². The highest BCUT2D eigenvalue weighted by atomic mass is 15.1. The molecule has 0 aromatic carbocycles. The van der Waals surface area contributed by atoms with Gasteiger partial charge in [-0.25, -0.2) is 4.98 Å². The Labute approximate surface area is 95.5 Å². The fourth-order valence-corrected chi connectivity index (χ4v) is 1.73. The smallest absolute Gasteiger partial charge is 0.138 e. The molecule has 0 aliphatic carbocycles. The third-order valence-electron chi connectivity index (χ3n) is 2.57. The third kappa shape index (κ3) is 2.52. The molecule has 0 saturated carbocycles. The van der Waals surface area contributed by atoms with E-state index in [1.54, 1.807) is 0 Å². The van der Waals surface area contributed by atoms with E-state index in [2.05, 4.69) is 16.4 Å². The topological polar surface area (TPSA) is 55.3 Å². The largest absolute Gasteiger partial charge is 0.371 e. The number of pyridine rings is 1. The van der Waals surface area contributed by atoms with Crippen LogP contribution in [0.4, 0.5) is 5.82 Å². The van der Waals surface area contributed by atoms with Crippen molar-refractivity contribution >= 4 is 11.5 Å². The molecule has 86 valence electrons. The van der Waals surface area contributed by atoms with Gasteiger partial charge in [-0.3, -0.25) is 4.40 Å². The zero-order chi connectivity index (χ0) is 11.4. The Kier molecular flexibility index (Phi) is 3.41. The van der Waals surface area contributed by atoms with Crippen molar-refractivity contribution in [2.75, 3.05) is 11.9 Å². The van der Waals surface area contributed by atoms with Crippen molar-refractivity contribution < 1.29 is 0 Å². The van der Waals surface area contributed by atoms with Gasteiger partial charge in [0.25, 0.3) is 0 Å². The number of hydrogen-bond donors (Lipinski definition) is 2. The number of nitrogens with zero attached hydrogens (tertiary/aromatic N) is 2. The summed E-state index contributed by atoms with van der Waals surface area (Å²) in [6.07, 6.45) is 5.90. The molecule has 4 heteroatoms. The SMILES string of the molecule is CC(N)CCCNc1cccc2nccn12. The molecule has 2 rings (SSSR count). The predicted molar refractivity (Wildman–Crippen MR) is 66.6 cm³/mol. The molecule has 0 aliphatic heterocycles. The maximum atomic E-state index is 5.70. The van der Waals surface area contributed by atoms with Crippen LogP contribution in [0.5, 0.6) is 0 Å². The van der Waals surface area contributed by atoms with Crippen molar-refractivity contribution in [2.24, 2.45) is 5.73 Å². The molecule has 1 unspecified atom stereocenters. The van der Waals surface area contributed by atoms with Gasteiger partial charge in [-0.1, -0.05) is 6.07 Å². The lowest BCUT2D eigenvalue weighted by Crippen LogP contribution is -2.16. The van der Waals surface area contributed by atoms with Crippen LogP contribution in [0, 0.1) is 0 Å². The van der Waals surface area contributed by atoms with Crippen LogP contribution in [0.3, 0.4) is 0 Å². The van der Waals surface area contributed by atoms with Gasteiger partial charge in [0.05, 0.1) is 0 Å². The highest BCUT2D eigenvalue weighted by molar-refractivity contribution is 5.49. The van der Waals surface area contributed by atoms with Crippen LogP contribution in [0.25, 0.3) is 5.65 Å². The van der Waals surface area contributed by atoms with Crippen molar-refractivity contribution in [1.82, 2.24) is 9.38 Å². The summed E-state index contributed by atoms with van der Waals surface area (Å²) in [4.78, 5) is 4.24. The number of anilines is 1. The van der Waals surface area contributed by atoms with E-state index in [4.69, 9.17) is 5.73 Å². The molecule has 0 saturated heterocycles. The Hall–Kier alpha value is -1.55. The summed E-state index contributed by atoms with van der Waals surface area (Å²) in [6, 6.07) is 6.34. The van der Waals surface area contributed by atoms with E-state index in [0.717, 1.165) is 30.9 Å². The average Bonchev–Trinajstić information content (AvgIpc) is 2.72. The summed E-state index contributed by atoms with van der Waals surface area (Å²) in [5.74, 6) is 1.08. The van der Waals surface area contributed by atoms with Gasteiger partial charge >= 0.3 is 0 Å². The van der Waals surface area contributed by atoms with Crippen LogP contribution in [0.1, 0.15) is 19.8 Å². The lowest BCUT2D eigenvalue weighted by Gasteiger charge is -2.09. The van der Waals surface area contributed by atoms with Gasteiger partial charge in [0, 0.05) is 25.0 Å². The second-order valence-corrected chi connectivity index (χ2v) is 4.11. The summed E-state index contributed by atoms with van der Waals surface area (Å²) in [5, 5.41) is 3.40. The number of nitrogens with two attached hydrogens (primary N) is 1. The molecule has 2 aromatic rings. The second kappa shape index (κ2) is 4.99. The quantitative estimate of drug-likeness (QED) is 0.753. The average molecular weight is 218 g/mol. The Morgan fingerprint density at radius 1 is 1.50 bits per heavy atom. The molecule has 1 atom stereocenters. The predicted octanol–water partition coefficient (Wildman–Crippen LogP) is 1.87. The Morgan fingerprint density at radius 3 is 3.19 bits per heavy atom. The standard InChI is InChI=1S/C12H18N4/c1-10(13)4-3-7-14-11-5-2-6-12-15-8-9-16(11)12/h2,5-6,8-10,14H,3-4,7,13H2,1H3. The van der Waals surface area contributed by atoms with Gasteiger partial charge in [-0.2, -0.15) is 0 Å². The summed E-state index contributed by atoms with van der Waals surface area (Å²) in [7, 11) is 0. The summed E-state index contributed by atoms with van der Waals surface area (Å²) in [6.45, 7) is 2.98. The maximum absolute atomic E-state index is 5.70. The zero-order valence-electron chi connectivity index (χ0n) is 9.56. The minimum atomic E-state index is 0.283. The van der Waals surface area contributed by atoms with E-state index in [1.807, 2.05) is 35.9 Å². The first-order chi connectivity index (χ1) is 7.77. The van der Waals surface area contributed by atoms with Gasteiger partial charge in [0.15, 0.2) is 0 Å². The number of aromatic nitrogens is 2. The highest BCUT2D eigenvalue weighted by Crippen LogP contribution is 2.10. The van der Waals surface area contributed by atoms with Crippen LogP contribution >= 0.6 is 0 Å². The van der Waals surface area contributed by atoms with Crippen molar-refractivity contribution in [2.45, 2.75) is 25.8 Å². The molecular formula is C12H18N4. The molecule has 0 fully saturated rings. The molecule has 0 radical (unpaired) electrons. The third-order valence-corrected chi connectivity index (χ3v) is 2.57. The van der Waals surface area contributed by atoms with Crippen LogP contribution in [-0.4, -0.2) is 22.0 Å². The maximum Gasteiger partial charge on any atom is 0.138 e. The Balaban J connectivity index is 1.96. The zero-order valence-corrected chi connectivity index (χ0v) is 9.56. The molecular weight excluding hydrogens is 200 g/mol. The summed E-state index contributed by atoms with van der Waals surface area (Å²) in [5.41, 5.74) is 6.67. The summed E-state index contributed by atoms with van der Waals surface area (Å²) >= 11 is 0. The van der Waals surface area contributed by atoms with E-state index in [-0.39, 0.29) is 6.04 Å². The molecule has 4 nitrogen and oxygen atoms in total. The lowest BCUT2D eigenvalue weighted by atomic mass is 10.2. The van der Waals surface area contributed by atoms with Gasteiger partial charge in [-0.15, -0.1) is 0 Å². The molecule has 0 amide bonds. The van der Waals surface area contributed by atoms with E-state index in [9.17, 15) is 0 Å². The number of imidazole rings is 1. The number of fused-ring (bicyclic) bond motifs is 1. The lowest BCUT2D eigenvalue weighted by molar-refractivity contribution is 0.638. The number of hydrogen-bond acceptors (Lipinski definition) is 3.